The highest BCUT2D eigenvalue weighted by Gasteiger charge is 2.28. The fraction of sp³-hybridized carbons (Fsp3) is 0.240. The summed E-state index contributed by atoms with van der Waals surface area (Å²) in [5.41, 5.74) is 2.91. The van der Waals surface area contributed by atoms with E-state index in [2.05, 4.69) is 32.1 Å². The molecule has 2 aromatic heterocycles. The van der Waals surface area contributed by atoms with Gasteiger partial charge in [-0.05, 0) is 17.2 Å². The van der Waals surface area contributed by atoms with Gasteiger partial charge in [-0.1, -0.05) is 30.3 Å². The smallest absolute Gasteiger partial charge is 0.248 e. The number of hydrogen-bond donors (Lipinski definition) is 0. The molecule has 1 aliphatic heterocycles. The highest BCUT2D eigenvalue weighted by atomic mass is 16.5. The number of carbonyl (C=O) groups is 1. The first-order valence-electron chi connectivity index (χ1n) is 10.9. The van der Waals surface area contributed by atoms with Crippen LogP contribution in [0.3, 0.4) is 0 Å². The van der Waals surface area contributed by atoms with Crippen molar-refractivity contribution in [2.45, 2.75) is 6.42 Å². The molecule has 0 spiro atoms. The monoisotopic (exact) mass is 456 g/mol. The lowest BCUT2D eigenvalue weighted by atomic mass is 10.1. The fourth-order valence-corrected chi connectivity index (χ4v) is 4.10. The zero-order valence-corrected chi connectivity index (χ0v) is 19.0. The molecule has 0 atom stereocenters. The van der Waals surface area contributed by atoms with Gasteiger partial charge >= 0.3 is 0 Å². The molecule has 0 aliphatic carbocycles. The summed E-state index contributed by atoms with van der Waals surface area (Å²) in [6.07, 6.45) is 5.81. The number of hydrogen-bond acceptors (Lipinski definition) is 8. The van der Waals surface area contributed by atoms with Crippen LogP contribution < -0.4 is 19.3 Å². The summed E-state index contributed by atoms with van der Waals surface area (Å²) in [6, 6.07) is 13.8. The average Bonchev–Trinajstić information content (AvgIpc) is 2.88. The third kappa shape index (κ3) is 4.19. The van der Waals surface area contributed by atoms with Crippen molar-refractivity contribution in [1.82, 2.24) is 19.9 Å². The maximum Gasteiger partial charge on any atom is 0.248 e. The first kappa shape index (κ1) is 21.6. The molecule has 3 heterocycles. The van der Waals surface area contributed by atoms with E-state index in [4.69, 9.17) is 9.47 Å². The molecule has 0 bridgehead atoms. The molecule has 1 aliphatic rings. The predicted molar refractivity (Wildman–Crippen MR) is 128 cm³/mol. The lowest BCUT2D eigenvalue weighted by Gasteiger charge is -2.34. The Kier molecular flexibility index (Phi) is 5.90. The molecular weight excluding hydrogens is 432 g/mol. The molecule has 1 amide bonds. The normalized spacial score (nSPS) is 13.9. The average molecular weight is 457 g/mol. The number of fused-ring (bicyclic) bond motifs is 1. The molecule has 0 N–H and O–H groups in total. The second-order valence-corrected chi connectivity index (χ2v) is 7.94. The Labute approximate surface area is 197 Å². The topological polar surface area (TPSA) is 93.6 Å². The highest BCUT2D eigenvalue weighted by Crippen LogP contribution is 2.35. The van der Waals surface area contributed by atoms with Gasteiger partial charge in [-0.3, -0.25) is 9.69 Å². The molecule has 5 rings (SSSR count). The van der Waals surface area contributed by atoms with E-state index in [1.54, 1.807) is 31.5 Å². The van der Waals surface area contributed by atoms with Crippen LogP contribution in [0, 0.1) is 0 Å². The van der Waals surface area contributed by atoms with Crippen molar-refractivity contribution in [3.8, 4) is 11.5 Å². The Morgan fingerprint density at radius 1 is 0.882 bits per heavy atom. The van der Waals surface area contributed by atoms with E-state index >= 15 is 0 Å². The Morgan fingerprint density at radius 3 is 2.32 bits per heavy atom. The van der Waals surface area contributed by atoms with Gasteiger partial charge in [0.2, 0.25) is 11.9 Å². The van der Waals surface area contributed by atoms with E-state index in [-0.39, 0.29) is 12.5 Å². The van der Waals surface area contributed by atoms with Gasteiger partial charge in [0.25, 0.3) is 0 Å². The number of methoxy groups -OCH3 is 2. The number of piperazine rings is 1. The molecule has 0 saturated carbocycles. The molecule has 172 valence electrons. The van der Waals surface area contributed by atoms with Gasteiger partial charge in [-0.2, -0.15) is 0 Å². The van der Waals surface area contributed by atoms with E-state index in [9.17, 15) is 4.79 Å². The van der Waals surface area contributed by atoms with Gasteiger partial charge in [0.05, 0.1) is 26.3 Å². The van der Waals surface area contributed by atoms with Crippen LogP contribution in [0.15, 0.2) is 61.2 Å². The third-order valence-electron chi connectivity index (χ3n) is 5.82. The number of benzene rings is 2. The minimum absolute atomic E-state index is 0.0886. The summed E-state index contributed by atoms with van der Waals surface area (Å²) >= 11 is 0. The molecule has 9 nitrogen and oxygen atoms in total. The molecular formula is C25H24N6O3. The second kappa shape index (κ2) is 9.30. The number of rotatable bonds is 6. The summed E-state index contributed by atoms with van der Waals surface area (Å²) in [4.78, 5) is 34.3. The van der Waals surface area contributed by atoms with E-state index in [0.29, 0.717) is 36.4 Å². The Bertz CT molecular complexity index is 1310. The minimum atomic E-state index is -0.0886. The second-order valence-electron chi connectivity index (χ2n) is 7.94. The predicted octanol–water partition coefficient (Wildman–Crippen LogP) is 2.88. The third-order valence-corrected chi connectivity index (χ3v) is 5.82. The van der Waals surface area contributed by atoms with Crippen LogP contribution >= 0.6 is 0 Å². The maximum absolute atomic E-state index is 13.0. The van der Waals surface area contributed by atoms with Crippen LogP contribution in [0.25, 0.3) is 10.9 Å². The fourth-order valence-electron chi connectivity index (χ4n) is 4.10. The van der Waals surface area contributed by atoms with Gasteiger partial charge in [0.15, 0.2) is 11.5 Å². The first-order valence-corrected chi connectivity index (χ1v) is 10.9. The minimum Gasteiger partial charge on any atom is -0.493 e. The van der Waals surface area contributed by atoms with Crippen LogP contribution in [0.5, 0.6) is 11.5 Å². The summed E-state index contributed by atoms with van der Waals surface area (Å²) in [6.45, 7) is 1.20. The number of amides is 1. The van der Waals surface area contributed by atoms with Gasteiger partial charge in [-0.15, -0.1) is 0 Å². The number of anilines is 2. The largest absolute Gasteiger partial charge is 0.493 e. The number of carbonyl (C=O) groups excluding carboxylic acids is 1. The molecule has 2 aromatic carbocycles. The van der Waals surface area contributed by atoms with Crippen LogP contribution in [0.2, 0.25) is 0 Å². The van der Waals surface area contributed by atoms with Crippen LogP contribution in [-0.2, 0) is 11.2 Å². The van der Waals surface area contributed by atoms with Crippen molar-refractivity contribution in [2.75, 3.05) is 43.7 Å². The van der Waals surface area contributed by atoms with Crippen molar-refractivity contribution in [1.29, 1.82) is 0 Å². The SMILES string of the molecule is COc1cc2ncnc(N3CCN(c4ncc(Cc5ccccc5)cn4)C(=O)C3)c2cc1OC. The Balaban J connectivity index is 1.33. The molecule has 34 heavy (non-hydrogen) atoms. The van der Waals surface area contributed by atoms with Crippen molar-refractivity contribution in [3.63, 3.8) is 0 Å². The van der Waals surface area contributed by atoms with E-state index in [1.807, 2.05) is 35.2 Å². The summed E-state index contributed by atoms with van der Waals surface area (Å²) in [7, 11) is 3.17. The number of nitrogens with zero attached hydrogens (tertiary/aromatic N) is 6. The molecule has 9 heteroatoms. The summed E-state index contributed by atoms with van der Waals surface area (Å²) < 4.78 is 10.8. The quantitative estimate of drug-likeness (QED) is 0.437. The van der Waals surface area contributed by atoms with E-state index in [0.717, 1.165) is 22.9 Å². The van der Waals surface area contributed by atoms with Crippen molar-refractivity contribution >= 4 is 28.6 Å². The Hall–Kier alpha value is -4.27. The standard InChI is InChI=1S/C25H24N6O3/c1-33-21-11-19-20(12-22(21)34-2)28-16-29-24(19)30-8-9-31(23(32)15-30)25-26-13-18(14-27-25)10-17-6-4-3-5-7-17/h3-7,11-14,16H,8-10,15H2,1-2H3. The van der Waals surface area contributed by atoms with Crippen LogP contribution in [0.4, 0.5) is 11.8 Å². The van der Waals surface area contributed by atoms with Crippen molar-refractivity contribution in [3.05, 3.63) is 72.3 Å². The van der Waals surface area contributed by atoms with Crippen molar-refractivity contribution in [2.24, 2.45) is 0 Å². The maximum atomic E-state index is 13.0. The lowest BCUT2D eigenvalue weighted by molar-refractivity contribution is -0.118. The number of aromatic nitrogens is 4. The number of ether oxygens (including phenoxy) is 2. The van der Waals surface area contributed by atoms with E-state index < -0.39 is 0 Å². The van der Waals surface area contributed by atoms with Gasteiger partial charge in [0, 0.05) is 43.4 Å². The van der Waals surface area contributed by atoms with Crippen LogP contribution in [-0.4, -0.2) is 59.7 Å². The first-order chi connectivity index (χ1) is 16.7. The van der Waals surface area contributed by atoms with E-state index in [1.165, 1.54) is 11.9 Å². The van der Waals surface area contributed by atoms with Gasteiger partial charge in [0.1, 0.15) is 12.1 Å². The van der Waals surface area contributed by atoms with Crippen molar-refractivity contribution < 1.29 is 14.3 Å². The highest BCUT2D eigenvalue weighted by molar-refractivity contribution is 5.99. The molecule has 0 unspecified atom stereocenters. The Morgan fingerprint density at radius 2 is 1.62 bits per heavy atom. The zero-order chi connectivity index (χ0) is 23.5. The molecule has 0 radical (unpaired) electrons. The van der Waals surface area contributed by atoms with Gasteiger partial charge in [-0.25, -0.2) is 19.9 Å². The van der Waals surface area contributed by atoms with Gasteiger partial charge < -0.3 is 14.4 Å². The van der Waals surface area contributed by atoms with Crippen LogP contribution in [0.1, 0.15) is 11.1 Å². The molecule has 1 fully saturated rings. The summed E-state index contributed by atoms with van der Waals surface area (Å²) in [5.74, 6) is 2.18. The lowest BCUT2D eigenvalue weighted by Crippen LogP contribution is -2.51. The molecule has 4 aromatic rings. The molecule has 1 saturated heterocycles. The zero-order valence-electron chi connectivity index (χ0n) is 19.0. The summed E-state index contributed by atoms with van der Waals surface area (Å²) in [5, 5.41) is 0.794.